The molecule has 2 aromatic carbocycles. The first-order valence-corrected chi connectivity index (χ1v) is 13.6. The maximum atomic E-state index is 15.6. The summed E-state index contributed by atoms with van der Waals surface area (Å²) in [6.45, 7) is 0. The van der Waals surface area contributed by atoms with Crippen molar-refractivity contribution in [2.45, 2.75) is 31.7 Å². The lowest BCUT2D eigenvalue weighted by Gasteiger charge is -2.24. The zero-order valence-corrected chi connectivity index (χ0v) is 22.6. The summed E-state index contributed by atoms with van der Waals surface area (Å²) in [6, 6.07) is 17.8. The van der Waals surface area contributed by atoms with Crippen molar-refractivity contribution in [2.24, 2.45) is 5.92 Å². The topological polar surface area (TPSA) is 92.6 Å². The fourth-order valence-electron chi connectivity index (χ4n) is 4.50. The molecule has 7 nitrogen and oxygen atoms in total. The fraction of sp³-hybridized carbons (Fsp3) is 0.241. The number of thiazole rings is 1. The molecule has 1 saturated carbocycles. The molecule has 5 rings (SSSR count). The van der Waals surface area contributed by atoms with Gasteiger partial charge in [0, 0.05) is 34.5 Å². The monoisotopic (exact) mass is 565 g/mol. The van der Waals surface area contributed by atoms with Gasteiger partial charge in [0.25, 0.3) is 0 Å². The van der Waals surface area contributed by atoms with Gasteiger partial charge in [-0.05, 0) is 48.6 Å². The molecule has 1 amide bonds. The minimum atomic E-state index is -1.07. The highest BCUT2D eigenvalue weighted by molar-refractivity contribution is 7.14. The van der Waals surface area contributed by atoms with Crippen molar-refractivity contribution in [3.05, 3.63) is 82.6 Å². The van der Waals surface area contributed by atoms with Crippen molar-refractivity contribution in [3.8, 4) is 28.3 Å². The van der Waals surface area contributed by atoms with Crippen LogP contribution in [0.3, 0.4) is 0 Å². The van der Waals surface area contributed by atoms with E-state index in [0.717, 1.165) is 35.3 Å². The molecule has 10 heteroatoms. The van der Waals surface area contributed by atoms with Crippen LogP contribution in [0.15, 0.2) is 66.9 Å². The Morgan fingerprint density at radius 2 is 1.92 bits per heavy atom. The number of carboxylic acid groups (broad SMARTS) is 1. The van der Waals surface area contributed by atoms with Crippen LogP contribution in [0.2, 0.25) is 5.02 Å². The van der Waals surface area contributed by atoms with Gasteiger partial charge in [0.2, 0.25) is 16.9 Å². The van der Waals surface area contributed by atoms with Gasteiger partial charge in [0.05, 0.1) is 19.4 Å². The SMILES string of the molecule is COc1ccc(-c2ccc(Cl)cc2-c2nc(N(C(=O)[C@@H](CC(=O)O)Cc3ccccc3)C3CC3)sc2F)cn1. The number of methoxy groups -OCH3 is 1. The van der Waals surface area contributed by atoms with Gasteiger partial charge in [-0.3, -0.25) is 14.5 Å². The second-order valence-corrected chi connectivity index (χ2v) is 10.7. The molecule has 0 bridgehead atoms. The second kappa shape index (κ2) is 11.5. The summed E-state index contributed by atoms with van der Waals surface area (Å²) in [6.07, 6.45) is 3.04. The minimum Gasteiger partial charge on any atom is -0.481 e. The van der Waals surface area contributed by atoms with Gasteiger partial charge in [-0.2, -0.15) is 4.39 Å². The number of carbonyl (C=O) groups excluding carboxylic acids is 1. The number of rotatable bonds is 10. The van der Waals surface area contributed by atoms with E-state index in [9.17, 15) is 14.7 Å². The van der Waals surface area contributed by atoms with Crippen molar-refractivity contribution < 1.29 is 23.8 Å². The third-order valence-electron chi connectivity index (χ3n) is 6.52. The summed E-state index contributed by atoms with van der Waals surface area (Å²) < 4.78 is 20.7. The zero-order chi connectivity index (χ0) is 27.5. The van der Waals surface area contributed by atoms with Crippen molar-refractivity contribution in [1.82, 2.24) is 9.97 Å². The number of amides is 1. The van der Waals surface area contributed by atoms with E-state index in [1.165, 1.54) is 12.0 Å². The average molecular weight is 566 g/mol. The Morgan fingerprint density at radius 1 is 1.15 bits per heavy atom. The molecule has 39 heavy (non-hydrogen) atoms. The van der Waals surface area contributed by atoms with Crippen LogP contribution in [0.1, 0.15) is 24.8 Å². The summed E-state index contributed by atoms with van der Waals surface area (Å²) in [7, 11) is 1.52. The lowest BCUT2D eigenvalue weighted by molar-refractivity contribution is -0.140. The number of aromatic nitrogens is 2. The quantitative estimate of drug-likeness (QED) is 0.236. The number of ether oxygens (including phenoxy) is 1. The van der Waals surface area contributed by atoms with E-state index in [1.807, 2.05) is 36.4 Å². The molecule has 0 saturated heterocycles. The Bertz CT molecular complexity index is 1490. The molecule has 1 aliphatic carbocycles. The van der Waals surface area contributed by atoms with Crippen LogP contribution in [0.25, 0.3) is 22.4 Å². The highest BCUT2D eigenvalue weighted by Gasteiger charge is 2.40. The first-order valence-electron chi connectivity index (χ1n) is 12.4. The lowest BCUT2D eigenvalue weighted by Crippen LogP contribution is -2.39. The Balaban J connectivity index is 1.51. The standard InChI is InChI=1S/C29H25ClFN3O4S/c1-38-24-12-7-18(16-32-24)22-11-8-20(30)15-23(22)26-27(31)39-29(33-26)34(21-9-10-21)28(37)19(14-25(35)36)13-17-5-3-2-4-6-17/h2-8,11-12,15-16,19,21H,9-10,13-14H2,1H3,(H,35,36)/t19-/m1/s1. The van der Waals surface area contributed by atoms with Crippen molar-refractivity contribution in [2.75, 3.05) is 12.0 Å². The third-order valence-corrected chi connectivity index (χ3v) is 7.60. The highest BCUT2D eigenvalue weighted by atomic mass is 35.5. The fourth-order valence-corrected chi connectivity index (χ4v) is 5.56. The van der Waals surface area contributed by atoms with E-state index < -0.39 is 17.0 Å². The molecule has 0 radical (unpaired) electrons. The summed E-state index contributed by atoms with van der Waals surface area (Å²) in [5.74, 6) is -1.80. The van der Waals surface area contributed by atoms with Gasteiger partial charge >= 0.3 is 5.97 Å². The number of pyridine rings is 1. The van der Waals surface area contributed by atoms with Crippen LogP contribution in [0.5, 0.6) is 5.88 Å². The number of carboxylic acids is 1. The Morgan fingerprint density at radius 3 is 2.56 bits per heavy atom. The van der Waals surface area contributed by atoms with E-state index in [0.29, 0.717) is 22.0 Å². The molecule has 1 fully saturated rings. The second-order valence-electron chi connectivity index (χ2n) is 9.32. The Hall–Kier alpha value is -3.82. The molecule has 2 heterocycles. The molecule has 1 atom stereocenters. The number of nitrogens with zero attached hydrogens (tertiary/aromatic N) is 3. The first kappa shape index (κ1) is 26.8. The van der Waals surface area contributed by atoms with Gasteiger partial charge in [-0.15, -0.1) is 0 Å². The summed E-state index contributed by atoms with van der Waals surface area (Å²) in [4.78, 5) is 35.8. The van der Waals surface area contributed by atoms with Crippen molar-refractivity contribution in [3.63, 3.8) is 0 Å². The maximum Gasteiger partial charge on any atom is 0.304 e. The molecule has 2 aromatic heterocycles. The number of hydrogen-bond acceptors (Lipinski definition) is 6. The van der Waals surface area contributed by atoms with E-state index in [-0.39, 0.29) is 35.6 Å². The van der Waals surface area contributed by atoms with Crippen LogP contribution < -0.4 is 9.64 Å². The molecule has 4 aromatic rings. The molecule has 1 aliphatic rings. The predicted octanol–water partition coefficient (Wildman–Crippen LogP) is 6.50. The van der Waals surface area contributed by atoms with Gasteiger partial charge in [-0.1, -0.05) is 59.3 Å². The van der Waals surface area contributed by atoms with E-state index in [4.69, 9.17) is 16.3 Å². The lowest BCUT2D eigenvalue weighted by atomic mass is 9.94. The number of halogens is 2. The van der Waals surface area contributed by atoms with Crippen molar-refractivity contribution in [1.29, 1.82) is 0 Å². The first-order chi connectivity index (χ1) is 18.8. The molecule has 0 unspecified atom stereocenters. The van der Waals surface area contributed by atoms with Gasteiger partial charge in [0.1, 0.15) is 5.69 Å². The Kier molecular flexibility index (Phi) is 7.90. The van der Waals surface area contributed by atoms with Crippen LogP contribution in [0.4, 0.5) is 9.52 Å². The van der Waals surface area contributed by atoms with Crippen molar-refractivity contribution >= 4 is 39.9 Å². The number of aliphatic carboxylic acids is 1. The van der Waals surface area contributed by atoms with Crippen LogP contribution in [-0.4, -0.2) is 40.1 Å². The summed E-state index contributed by atoms with van der Waals surface area (Å²) >= 11 is 7.07. The summed E-state index contributed by atoms with van der Waals surface area (Å²) in [5.41, 5.74) is 2.78. The maximum absolute atomic E-state index is 15.6. The smallest absolute Gasteiger partial charge is 0.304 e. The van der Waals surface area contributed by atoms with E-state index in [1.54, 1.807) is 30.5 Å². The molecular weight excluding hydrogens is 541 g/mol. The van der Waals surface area contributed by atoms with E-state index >= 15 is 4.39 Å². The van der Waals surface area contributed by atoms with Crippen LogP contribution >= 0.6 is 22.9 Å². The normalized spacial score (nSPS) is 13.6. The van der Waals surface area contributed by atoms with Gasteiger partial charge in [0.15, 0.2) is 5.13 Å². The zero-order valence-electron chi connectivity index (χ0n) is 21.0. The number of carbonyl (C=O) groups is 2. The van der Waals surface area contributed by atoms with Crippen LogP contribution in [0, 0.1) is 11.0 Å². The molecular formula is C29H25ClFN3O4S. The number of anilines is 1. The van der Waals surface area contributed by atoms with Gasteiger partial charge < -0.3 is 9.84 Å². The molecule has 1 N–H and O–H groups in total. The highest BCUT2D eigenvalue weighted by Crippen LogP contribution is 2.42. The Labute approximate surface area is 233 Å². The van der Waals surface area contributed by atoms with Crippen LogP contribution in [-0.2, 0) is 16.0 Å². The van der Waals surface area contributed by atoms with Gasteiger partial charge in [-0.25, -0.2) is 9.97 Å². The number of hydrogen-bond donors (Lipinski definition) is 1. The number of benzene rings is 2. The minimum absolute atomic E-state index is 0.0691. The average Bonchev–Trinajstić information content (AvgIpc) is 3.69. The molecule has 0 spiro atoms. The molecule has 200 valence electrons. The van der Waals surface area contributed by atoms with E-state index in [2.05, 4.69) is 9.97 Å². The predicted molar refractivity (Wildman–Crippen MR) is 149 cm³/mol. The summed E-state index contributed by atoms with van der Waals surface area (Å²) in [5, 5.41) is 9.59. The third kappa shape index (κ3) is 6.10. The largest absolute Gasteiger partial charge is 0.481 e. The molecule has 0 aliphatic heterocycles.